The highest BCUT2D eigenvalue weighted by atomic mass is 35.5. The van der Waals surface area contributed by atoms with E-state index < -0.39 is 5.97 Å². The largest absolute Gasteiger partial charge is 0.464 e. The highest BCUT2D eigenvalue weighted by Crippen LogP contribution is 2.16. The van der Waals surface area contributed by atoms with Gasteiger partial charge in [-0.3, -0.25) is 4.79 Å². The molecule has 29 heavy (non-hydrogen) atoms. The minimum atomic E-state index is -0.449. The second kappa shape index (κ2) is 12.7. The quantitative estimate of drug-likeness (QED) is 0.687. The summed E-state index contributed by atoms with van der Waals surface area (Å²) in [4.78, 5) is 33.1. The lowest BCUT2D eigenvalue weighted by atomic mass is 10.4. The molecule has 1 fully saturated rings. The third-order valence-corrected chi connectivity index (χ3v) is 4.22. The second-order valence-electron chi connectivity index (χ2n) is 6.27. The number of rotatable bonds is 2. The van der Waals surface area contributed by atoms with Gasteiger partial charge in [-0.15, -0.1) is 0 Å². The molecule has 0 radical (unpaired) electrons. The lowest BCUT2D eigenvalue weighted by molar-refractivity contribution is -0.126. The van der Waals surface area contributed by atoms with Crippen molar-refractivity contribution in [2.45, 2.75) is 19.8 Å². The van der Waals surface area contributed by atoms with Gasteiger partial charge < -0.3 is 14.5 Å². The fraction of sp³-hybridized carbons (Fsp3) is 0.400. The Bertz CT molecular complexity index is 761. The monoisotopic (exact) mass is 424 g/mol. The van der Waals surface area contributed by atoms with Crippen LogP contribution in [0.25, 0.3) is 0 Å². The first kappa shape index (κ1) is 24.3. The third-order valence-electron chi connectivity index (χ3n) is 3.92. The second-order valence-corrected chi connectivity index (χ2v) is 6.68. The molecule has 3 rings (SSSR count). The number of esters is 1. The highest BCUT2D eigenvalue weighted by molar-refractivity contribution is 6.30. The van der Waals surface area contributed by atoms with Crippen LogP contribution in [0.15, 0.2) is 36.7 Å². The summed E-state index contributed by atoms with van der Waals surface area (Å²) >= 11 is 5.33. The summed E-state index contributed by atoms with van der Waals surface area (Å²) in [6, 6.07) is 6.12. The van der Waals surface area contributed by atoms with Crippen LogP contribution in [0.2, 0.25) is 5.02 Å². The van der Waals surface area contributed by atoms with Gasteiger partial charge in [-0.25, -0.2) is 19.2 Å². The van der Waals surface area contributed by atoms with Gasteiger partial charge in [0.25, 0.3) is 0 Å². The summed E-state index contributed by atoms with van der Waals surface area (Å²) in [7, 11) is 4.78. The van der Waals surface area contributed by atoms with E-state index in [9.17, 15) is 14.0 Å². The number of methoxy groups -OCH3 is 1. The maximum absolute atomic E-state index is 12.2. The van der Waals surface area contributed by atoms with Crippen LogP contribution in [0.5, 0.6) is 0 Å². The normalized spacial score (nSPS) is 12.1. The van der Waals surface area contributed by atoms with Gasteiger partial charge in [-0.2, -0.15) is 0 Å². The highest BCUT2D eigenvalue weighted by Gasteiger charge is 2.15. The number of ether oxygens (including phenoxy) is 1. The zero-order chi connectivity index (χ0) is 21.8. The van der Waals surface area contributed by atoms with Crippen molar-refractivity contribution in [2.75, 3.05) is 39.2 Å². The van der Waals surface area contributed by atoms with E-state index in [1.807, 2.05) is 0 Å². The van der Waals surface area contributed by atoms with E-state index >= 15 is 0 Å². The number of nitrogens with zero attached hydrogens (tertiary/aromatic N) is 4. The van der Waals surface area contributed by atoms with Crippen molar-refractivity contribution in [3.8, 4) is 0 Å². The number of aromatic nitrogens is 2. The first-order valence-corrected chi connectivity index (χ1v) is 9.37. The van der Waals surface area contributed by atoms with Crippen molar-refractivity contribution in [3.63, 3.8) is 0 Å². The van der Waals surface area contributed by atoms with Gasteiger partial charge in [-0.05, 0) is 25.0 Å². The number of benzene rings is 1. The zero-order valence-electron chi connectivity index (χ0n) is 17.1. The fourth-order valence-electron chi connectivity index (χ4n) is 2.08. The molecule has 9 heteroatoms. The average Bonchev–Trinajstić information content (AvgIpc) is 3.25. The molecule has 0 aliphatic carbocycles. The molecular weight excluding hydrogens is 399 g/mol. The third kappa shape index (κ3) is 8.87. The summed E-state index contributed by atoms with van der Waals surface area (Å²) < 4.78 is 16.7. The van der Waals surface area contributed by atoms with Crippen LogP contribution in [-0.2, 0) is 9.53 Å². The standard InChI is InChI=1S/C10H13N3O2.C6H4ClF.C4H9NO/c1-15-10(14)8-6-12-9(7-11-8)13-4-2-3-5-13;7-5-3-1-2-4-6(5)8;1-4(6)5(2)3/h6-7H,2-5H2,1H3;1-4H;1-3H3. The Balaban J connectivity index is 0.000000252. The Hall–Kier alpha value is -2.74. The number of carbonyl (C=O) groups is 2. The molecule has 0 saturated carbocycles. The summed E-state index contributed by atoms with van der Waals surface area (Å²) in [6.07, 6.45) is 5.47. The molecule has 1 aliphatic rings. The summed E-state index contributed by atoms with van der Waals surface area (Å²) in [5, 5.41) is 0.174. The van der Waals surface area contributed by atoms with Crippen molar-refractivity contribution in [1.29, 1.82) is 0 Å². The van der Waals surface area contributed by atoms with Crippen molar-refractivity contribution in [2.24, 2.45) is 0 Å². The van der Waals surface area contributed by atoms with E-state index in [0.717, 1.165) is 18.9 Å². The van der Waals surface area contributed by atoms with Gasteiger partial charge in [0.1, 0.15) is 11.6 Å². The predicted molar refractivity (Wildman–Crippen MR) is 111 cm³/mol. The Morgan fingerprint density at radius 2 is 1.72 bits per heavy atom. The van der Waals surface area contributed by atoms with E-state index in [-0.39, 0.29) is 22.4 Å². The molecule has 7 nitrogen and oxygen atoms in total. The van der Waals surface area contributed by atoms with E-state index in [0.29, 0.717) is 0 Å². The van der Waals surface area contributed by atoms with Gasteiger partial charge in [-0.1, -0.05) is 23.7 Å². The van der Waals surface area contributed by atoms with E-state index in [4.69, 9.17) is 11.6 Å². The molecule has 0 unspecified atom stereocenters. The predicted octanol–water partition coefficient (Wildman–Crippen LogP) is 3.44. The average molecular weight is 425 g/mol. The molecule has 0 bridgehead atoms. The van der Waals surface area contributed by atoms with Crippen LogP contribution in [0.3, 0.4) is 0 Å². The summed E-state index contributed by atoms with van der Waals surface area (Å²) in [5.74, 6) is 0.111. The number of hydrogen-bond acceptors (Lipinski definition) is 6. The summed E-state index contributed by atoms with van der Waals surface area (Å²) in [6.45, 7) is 3.57. The Kier molecular flexibility index (Phi) is 10.6. The molecule has 0 atom stereocenters. The van der Waals surface area contributed by atoms with Crippen LogP contribution in [-0.4, -0.2) is 61.0 Å². The van der Waals surface area contributed by atoms with Crippen molar-refractivity contribution >= 4 is 29.3 Å². The van der Waals surface area contributed by atoms with Crippen molar-refractivity contribution in [1.82, 2.24) is 14.9 Å². The number of halogens is 2. The molecule has 0 spiro atoms. The van der Waals surface area contributed by atoms with Gasteiger partial charge in [0.15, 0.2) is 5.69 Å². The van der Waals surface area contributed by atoms with Crippen LogP contribution in [0.4, 0.5) is 10.2 Å². The lowest BCUT2D eigenvalue weighted by Crippen LogP contribution is -2.19. The van der Waals surface area contributed by atoms with Gasteiger partial charge in [0, 0.05) is 34.1 Å². The zero-order valence-corrected chi connectivity index (χ0v) is 17.8. The molecule has 1 amide bonds. The molecule has 2 aromatic rings. The smallest absolute Gasteiger partial charge is 0.358 e. The van der Waals surface area contributed by atoms with Crippen LogP contribution < -0.4 is 4.90 Å². The van der Waals surface area contributed by atoms with Gasteiger partial charge in [0.05, 0.1) is 24.5 Å². The fourth-order valence-corrected chi connectivity index (χ4v) is 2.22. The molecular formula is C20H26ClFN4O3. The Morgan fingerprint density at radius 3 is 2.10 bits per heavy atom. The minimum Gasteiger partial charge on any atom is -0.464 e. The molecule has 1 saturated heterocycles. The first-order valence-electron chi connectivity index (χ1n) is 8.99. The Labute approximate surface area is 175 Å². The van der Waals surface area contributed by atoms with Crippen LogP contribution in [0.1, 0.15) is 30.3 Å². The topological polar surface area (TPSA) is 75.6 Å². The maximum atomic E-state index is 12.2. The molecule has 1 aromatic heterocycles. The Morgan fingerprint density at radius 1 is 1.14 bits per heavy atom. The van der Waals surface area contributed by atoms with E-state index in [2.05, 4.69) is 19.6 Å². The van der Waals surface area contributed by atoms with E-state index in [1.165, 1.54) is 50.1 Å². The van der Waals surface area contributed by atoms with Crippen LogP contribution >= 0.6 is 11.6 Å². The molecule has 1 aliphatic heterocycles. The first-order chi connectivity index (χ1) is 13.8. The number of carbonyl (C=O) groups excluding carboxylic acids is 2. The summed E-state index contributed by atoms with van der Waals surface area (Å²) in [5.41, 5.74) is 0.250. The minimum absolute atomic E-state index is 0.0926. The van der Waals surface area contributed by atoms with Crippen molar-refractivity contribution in [3.05, 3.63) is 53.2 Å². The van der Waals surface area contributed by atoms with Gasteiger partial charge in [0.2, 0.25) is 5.91 Å². The lowest BCUT2D eigenvalue weighted by Gasteiger charge is -2.15. The molecule has 1 aromatic carbocycles. The van der Waals surface area contributed by atoms with Crippen molar-refractivity contribution < 1.29 is 18.7 Å². The molecule has 0 N–H and O–H groups in total. The van der Waals surface area contributed by atoms with Gasteiger partial charge >= 0.3 is 5.97 Å². The molecule has 158 valence electrons. The number of amides is 1. The van der Waals surface area contributed by atoms with E-state index in [1.54, 1.807) is 32.4 Å². The maximum Gasteiger partial charge on any atom is 0.358 e. The SMILES string of the molecule is CC(=O)N(C)C.COC(=O)c1cnc(N2CCCC2)cn1.Fc1ccccc1Cl. The number of anilines is 1. The number of hydrogen-bond donors (Lipinski definition) is 0. The van der Waals surface area contributed by atoms with Crippen LogP contribution in [0, 0.1) is 5.82 Å². The molecule has 2 heterocycles.